The fraction of sp³-hybridized carbons (Fsp3) is 0.364. The number of carboxylic acids is 1. The monoisotopic (exact) mass is 336 g/mol. The molecule has 1 aromatic rings. The normalized spacial score (nSPS) is 14.6. The van der Waals surface area contributed by atoms with Crippen molar-refractivity contribution in [3.63, 3.8) is 0 Å². The fourth-order valence-corrected chi connectivity index (χ4v) is 3.05. The lowest BCUT2D eigenvalue weighted by atomic mass is 10.1. The van der Waals surface area contributed by atoms with Crippen LogP contribution in [0.25, 0.3) is 0 Å². The Balaban J connectivity index is 2.58. The highest BCUT2D eigenvalue weighted by molar-refractivity contribution is 7.89. The first-order valence-electron chi connectivity index (χ1n) is 5.80. The molecular formula is C11H16N2O6S2. The summed E-state index contributed by atoms with van der Waals surface area (Å²) < 4.78 is 44.8. The molecule has 0 aliphatic carbocycles. The first kappa shape index (κ1) is 17.7. The van der Waals surface area contributed by atoms with Gasteiger partial charge in [-0.1, -0.05) is 24.3 Å². The summed E-state index contributed by atoms with van der Waals surface area (Å²) in [5.74, 6) is -2.09. The largest absolute Gasteiger partial charge is 0.480 e. The van der Waals surface area contributed by atoms with E-state index in [1.165, 1.54) is 0 Å². The van der Waals surface area contributed by atoms with Gasteiger partial charge in [0.2, 0.25) is 10.0 Å². The van der Waals surface area contributed by atoms with Gasteiger partial charge in [-0.15, -0.1) is 0 Å². The van der Waals surface area contributed by atoms with Crippen LogP contribution in [0.4, 0.5) is 0 Å². The molecule has 0 bridgehead atoms. The summed E-state index contributed by atoms with van der Waals surface area (Å²) in [5.41, 5.74) is 6.45. The van der Waals surface area contributed by atoms with Gasteiger partial charge in [0.1, 0.15) is 6.04 Å². The molecule has 0 aliphatic rings. The van der Waals surface area contributed by atoms with Gasteiger partial charge in [0, 0.05) is 6.54 Å². The lowest BCUT2D eigenvalue weighted by Gasteiger charge is -2.09. The van der Waals surface area contributed by atoms with Crippen molar-refractivity contribution in [1.82, 2.24) is 4.72 Å². The van der Waals surface area contributed by atoms with Crippen LogP contribution in [0.5, 0.6) is 0 Å². The average Bonchev–Trinajstić information content (AvgIpc) is 2.36. The molecule has 10 heteroatoms. The number of aliphatic carboxylic acids is 1. The quantitative estimate of drug-likeness (QED) is 0.456. The number of carboxylic acid groups (broad SMARTS) is 1. The van der Waals surface area contributed by atoms with E-state index in [4.69, 9.17) is 15.4 Å². The van der Waals surface area contributed by atoms with Crippen molar-refractivity contribution in [3.05, 3.63) is 35.4 Å². The molecule has 5 N–H and O–H groups in total. The van der Waals surface area contributed by atoms with Crippen molar-refractivity contribution in [1.29, 1.82) is 0 Å². The maximum absolute atomic E-state index is 11.6. The molecule has 0 saturated heterocycles. The molecule has 0 heterocycles. The Hall–Kier alpha value is -1.33. The second-order valence-electron chi connectivity index (χ2n) is 4.33. The highest BCUT2D eigenvalue weighted by Crippen LogP contribution is 2.06. The van der Waals surface area contributed by atoms with Crippen molar-refractivity contribution in [2.45, 2.75) is 18.3 Å². The number of benzene rings is 1. The minimum absolute atomic E-state index is 0.000524. The van der Waals surface area contributed by atoms with Crippen molar-refractivity contribution in [3.8, 4) is 0 Å². The van der Waals surface area contributed by atoms with E-state index in [-0.39, 0.29) is 12.3 Å². The number of nitrogens with two attached hydrogens (primary N) is 1. The Kier molecular flexibility index (Phi) is 6.42. The number of hydrogen-bond donors (Lipinski definition) is 4. The second-order valence-corrected chi connectivity index (χ2v) is 7.11. The van der Waals surface area contributed by atoms with Crippen LogP contribution >= 0.6 is 0 Å². The molecule has 2 atom stereocenters. The minimum atomic E-state index is -3.80. The SMILES string of the molecule is N[C@@H](CS(=O)(=O)NCc1ccc(CS(=O)O)cc1)C(=O)O. The van der Waals surface area contributed by atoms with Gasteiger partial charge < -0.3 is 15.4 Å². The first-order valence-corrected chi connectivity index (χ1v) is 8.73. The smallest absolute Gasteiger partial charge is 0.321 e. The third-order valence-corrected chi connectivity index (χ3v) is 4.49. The van der Waals surface area contributed by atoms with Crippen molar-refractivity contribution in [2.75, 3.05) is 5.75 Å². The summed E-state index contributed by atoms with van der Waals surface area (Å²) in [7, 11) is -3.80. The lowest BCUT2D eigenvalue weighted by molar-refractivity contribution is -0.137. The number of carbonyl (C=O) groups is 1. The highest BCUT2D eigenvalue weighted by Gasteiger charge is 2.20. The molecule has 8 nitrogen and oxygen atoms in total. The Morgan fingerprint density at radius 1 is 1.29 bits per heavy atom. The summed E-state index contributed by atoms with van der Waals surface area (Å²) in [4.78, 5) is 10.5. The molecule has 0 saturated carbocycles. The zero-order chi connectivity index (χ0) is 16.0. The van der Waals surface area contributed by atoms with Gasteiger partial charge in [0.05, 0.1) is 11.5 Å². The van der Waals surface area contributed by atoms with Crippen LogP contribution in [-0.4, -0.2) is 40.0 Å². The fourth-order valence-electron chi connectivity index (χ4n) is 1.46. The van der Waals surface area contributed by atoms with E-state index < -0.39 is 38.9 Å². The predicted molar refractivity (Wildman–Crippen MR) is 77.2 cm³/mol. The minimum Gasteiger partial charge on any atom is -0.480 e. The third-order valence-electron chi connectivity index (χ3n) is 2.53. The van der Waals surface area contributed by atoms with Crippen LogP contribution in [0.1, 0.15) is 11.1 Å². The van der Waals surface area contributed by atoms with Crippen LogP contribution in [0.2, 0.25) is 0 Å². The molecule has 0 radical (unpaired) electrons. The molecule has 0 aliphatic heterocycles. The molecular weight excluding hydrogens is 320 g/mol. The zero-order valence-electron chi connectivity index (χ0n) is 10.9. The molecule has 1 unspecified atom stereocenters. The van der Waals surface area contributed by atoms with Crippen molar-refractivity contribution >= 4 is 27.1 Å². The number of nitrogens with one attached hydrogen (secondary N) is 1. The highest BCUT2D eigenvalue weighted by atomic mass is 32.2. The summed E-state index contributed by atoms with van der Waals surface area (Å²) in [5, 5.41) is 8.57. The topological polar surface area (TPSA) is 147 Å². The number of sulfonamides is 1. The van der Waals surface area contributed by atoms with Crippen molar-refractivity contribution in [2.24, 2.45) is 5.73 Å². The van der Waals surface area contributed by atoms with E-state index in [1.54, 1.807) is 24.3 Å². The molecule has 1 rings (SSSR count). The van der Waals surface area contributed by atoms with E-state index in [0.717, 1.165) is 0 Å². The molecule has 0 fully saturated rings. The lowest BCUT2D eigenvalue weighted by Crippen LogP contribution is -2.41. The van der Waals surface area contributed by atoms with Gasteiger partial charge in [0.25, 0.3) is 0 Å². The first-order chi connectivity index (χ1) is 9.69. The van der Waals surface area contributed by atoms with Gasteiger partial charge in [-0.3, -0.25) is 4.79 Å². The van der Waals surface area contributed by atoms with E-state index in [1.807, 2.05) is 0 Å². The van der Waals surface area contributed by atoms with Crippen LogP contribution in [0, 0.1) is 0 Å². The van der Waals surface area contributed by atoms with E-state index >= 15 is 0 Å². The molecule has 0 spiro atoms. The molecule has 1 aromatic carbocycles. The Bertz CT molecular complexity index is 614. The van der Waals surface area contributed by atoms with Gasteiger partial charge in [-0.2, -0.15) is 0 Å². The van der Waals surface area contributed by atoms with E-state index in [9.17, 15) is 17.4 Å². The molecule has 0 amide bonds. The summed E-state index contributed by atoms with van der Waals surface area (Å²) in [6.45, 7) is -0.0167. The molecule has 21 heavy (non-hydrogen) atoms. The Morgan fingerprint density at radius 2 is 1.81 bits per heavy atom. The second kappa shape index (κ2) is 7.61. The predicted octanol–water partition coefficient (Wildman–Crippen LogP) is -0.760. The maximum Gasteiger partial charge on any atom is 0.321 e. The number of rotatable bonds is 8. The third kappa shape index (κ3) is 6.78. The van der Waals surface area contributed by atoms with E-state index in [2.05, 4.69) is 4.72 Å². The van der Waals surface area contributed by atoms with Crippen LogP contribution < -0.4 is 10.5 Å². The van der Waals surface area contributed by atoms with Crippen LogP contribution in [-0.2, 0) is 38.2 Å². The Morgan fingerprint density at radius 3 is 2.29 bits per heavy atom. The molecule has 0 aromatic heterocycles. The molecule has 118 valence electrons. The number of hydrogen-bond acceptors (Lipinski definition) is 5. The van der Waals surface area contributed by atoms with Gasteiger partial charge in [0.15, 0.2) is 11.1 Å². The van der Waals surface area contributed by atoms with Crippen LogP contribution in [0.3, 0.4) is 0 Å². The Labute approximate surface area is 124 Å². The van der Waals surface area contributed by atoms with Gasteiger partial charge in [-0.05, 0) is 11.1 Å². The maximum atomic E-state index is 11.6. The summed E-state index contributed by atoms with van der Waals surface area (Å²) in [6.07, 6.45) is 0. The standard InChI is InChI=1S/C11H16N2O6S2/c12-10(11(14)15)7-21(18,19)13-5-8-1-3-9(4-2-8)6-20(16)17/h1-4,10,13H,5-7,12H2,(H,14,15)(H,16,17)/t10-/m0/s1. The average molecular weight is 336 g/mol. The summed E-state index contributed by atoms with van der Waals surface area (Å²) >= 11 is -1.93. The van der Waals surface area contributed by atoms with Gasteiger partial charge >= 0.3 is 5.97 Å². The van der Waals surface area contributed by atoms with E-state index in [0.29, 0.717) is 11.1 Å². The summed E-state index contributed by atoms with van der Waals surface area (Å²) in [6, 6.07) is 4.97. The van der Waals surface area contributed by atoms with Gasteiger partial charge in [-0.25, -0.2) is 17.3 Å². The van der Waals surface area contributed by atoms with Crippen molar-refractivity contribution < 1.29 is 27.1 Å². The zero-order valence-corrected chi connectivity index (χ0v) is 12.6. The van der Waals surface area contributed by atoms with Crippen LogP contribution in [0.15, 0.2) is 24.3 Å².